The van der Waals surface area contributed by atoms with Crippen LogP contribution < -0.4 is 0 Å². The minimum Gasteiger partial charge on any atom is -0.254 e. The first-order valence-electron chi connectivity index (χ1n) is 5.45. The summed E-state index contributed by atoms with van der Waals surface area (Å²) in [5.74, 6) is 0.822. The maximum Gasteiger partial charge on any atom is 0.324 e. The first-order chi connectivity index (χ1) is 6.77. The van der Waals surface area contributed by atoms with E-state index in [2.05, 4.69) is 23.6 Å². The van der Waals surface area contributed by atoms with Gasteiger partial charge in [0.15, 0.2) is 0 Å². The predicted molar refractivity (Wildman–Crippen MR) is 55.2 cm³/mol. The lowest BCUT2D eigenvalue weighted by atomic mass is 10.0. The van der Waals surface area contributed by atoms with Crippen molar-refractivity contribution in [3.05, 3.63) is 0 Å². The SMILES string of the molecule is CC(C)CCCCCCCOOC#N. The highest BCUT2D eigenvalue weighted by molar-refractivity contribution is 4.48. The summed E-state index contributed by atoms with van der Waals surface area (Å²) in [6.45, 7) is 5.04. The molecule has 0 aliphatic carbocycles. The Morgan fingerprint density at radius 2 is 1.71 bits per heavy atom. The van der Waals surface area contributed by atoms with Crippen LogP contribution in [0, 0.1) is 17.4 Å². The van der Waals surface area contributed by atoms with Crippen molar-refractivity contribution in [1.82, 2.24) is 0 Å². The molecule has 14 heavy (non-hydrogen) atoms. The monoisotopic (exact) mass is 199 g/mol. The van der Waals surface area contributed by atoms with Crippen LogP contribution in [0.4, 0.5) is 0 Å². The topological polar surface area (TPSA) is 42.2 Å². The summed E-state index contributed by atoms with van der Waals surface area (Å²) in [6, 6.07) is 0. The molecule has 3 nitrogen and oxygen atoms in total. The van der Waals surface area contributed by atoms with Gasteiger partial charge < -0.3 is 0 Å². The van der Waals surface area contributed by atoms with Crippen molar-refractivity contribution in [2.24, 2.45) is 5.92 Å². The van der Waals surface area contributed by atoms with Crippen LogP contribution in [0.1, 0.15) is 52.4 Å². The van der Waals surface area contributed by atoms with Crippen molar-refractivity contribution >= 4 is 0 Å². The molecule has 0 unspecified atom stereocenters. The van der Waals surface area contributed by atoms with Gasteiger partial charge in [0.25, 0.3) is 0 Å². The third-order valence-corrected chi connectivity index (χ3v) is 2.11. The van der Waals surface area contributed by atoms with Crippen molar-refractivity contribution < 1.29 is 9.78 Å². The van der Waals surface area contributed by atoms with E-state index in [1.54, 1.807) is 0 Å². The van der Waals surface area contributed by atoms with E-state index in [-0.39, 0.29) is 0 Å². The molecule has 0 fully saturated rings. The average molecular weight is 199 g/mol. The fourth-order valence-corrected chi connectivity index (χ4v) is 1.31. The van der Waals surface area contributed by atoms with Crippen LogP contribution in [0.3, 0.4) is 0 Å². The van der Waals surface area contributed by atoms with Gasteiger partial charge in [-0.1, -0.05) is 46.0 Å². The molecular formula is C11H21NO2. The van der Waals surface area contributed by atoms with Gasteiger partial charge in [-0.05, 0) is 12.3 Å². The molecule has 0 spiro atoms. The zero-order valence-corrected chi connectivity index (χ0v) is 9.29. The van der Waals surface area contributed by atoms with Gasteiger partial charge in [-0.15, -0.1) is 5.26 Å². The number of unbranched alkanes of at least 4 members (excludes halogenated alkanes) is 4. The van der Waals surface area contributed by atoms with Crippen molar-refractivity contribution in [3.8, 4) is 6.26 Å². The second-order valence-corrected chi connectivity index (χ2v) is 3.95. The average Bonchev–Trinajstić information content (AvgIpc) is 2.15. The Morgan fingerprint density at radius 1 is 1.07 bits per heavy atom. The zero-order valence-electron chi connectivity index (χ0n) is 9.29. The van der Waals surface area contributed by atoms with Gasteiger partial charge in [0, 0.05) is 0 Å². The third kappa shape index (κ3) is 11.2. The molecule has 0 rings (SSSR count). The van der Waals surface area contributed by atoms with Gasteiger partial charge in [0.05, 0.1) is 6.61 Å². The molecule has 0 saturated heterocycles. The molecule has 82 valence electrons. The second kappa shape index (κ2) is 10.3. The zero-order chi connectivity index (χ0) is 10.6. The van der Waals surface area contributed by atoms with Crippen LogP contribution in [-0.4, -0.2) is 6.61 Å². The lowest BCUT2D eigenvalue weighted by Gasteiger charge is -2.03. The van der Waals surface area contributed by atoms with Crippen molar-refractivity contribution in [3.63, 3.8) is 0 Å². The summed E-state index contributed by atoms with van der Waals surface area (Å²) in [6.07, 6.45) is 8.81. The molecule has 0 aromatic carbocycles. The van der Waals surface area contributed by atoms with Crippen LogP contribution in [0.2, 0.25) is 0 Å². The number of hydrogen-bond donors (Lipinski definition) is 0. The lowest BCUT2D eigenvalue weighted by molar-refractivity contribution is -0.239. The molecule has 0 aromatic rings. The highest BCUT2D eigenvalue weighted by Gasteiger charge is 1.94. The Hall–Kier alpha value is -0.750. The molecule has 0 saturated carbocycles. The van der Waals surface area contributed by atoms with Crippen molar-refractivity contribution in [1.29, 1.82) is 5.26 Å². The Bertz CT molecular complexity index is 152. The van der Waals surface area contributed by atoms with E-state index in [1.807, 2.05) is 0 Å². The van der Waals surface area contributed by atoms with E-state index in [4.69, 9.17) is 5.26 Å². The fourth-order valence-electron chi connectivity index (χ4n) is 1.31. The van der Waals surface area contributed by atoms with Crippen LogP contribution in [0.15, 0.2) is 0 Å². The highest BCUT2D eigenvalue weighted by Crippen LogP contribution is 2.10. The molecule has 0 aromatic heterocycles. The minimum atomic E-state index is 0.526. The summed E-state index contributed by atoms with van der Waals surface area (Å²) in [4.78, 5) is 8.66. The standard InChI is InChI=1S/C11H21NO2/c1-11(2)8-6-4-3-5-7-9-13-14-10-12/h11H,3-9H2,1-2H3. The third-order valence-electron chi connectivity index (χ3n) is 2.11. The predicted octanol–water partition coefficient (Wildman–Crippen LogP) is 3.41. The summed E-state index contributed by atoms with van der Waals surface area (Å²) >= 11 is 0. The molecule has 0 atom stereocenters. The first-order valence-corrected chi connectivity index (χ1v) is 5.45. The highest BCUT2D eigenvalue weighted by atomic mass is 17.2. The first kappa shape index (κ1) is 13.2. The van der Waals surface area contributed by atoms with E-state index >= 15 is 0 Å². The number of hydrogen-bond acceptors (Lipinski definition) is 3. The summed E-state index contributed by atoms with van der Waals surface area (Å²) < 4.78 is 0. The van der Waals surface area contributed by atoms with E-state index in [1.165, 1.54) is 31.9 Å². The van der Waals surface area contributed by atoms with Crippen molar-refractivity contribution in [2.45, 2.75) is 52.4 Å². The number of nitriles is 1. The maximum atomic E-state index is 7.99. The smallest absolute Gasteiger partial charge is 0.254 e. The molecule has 0 radical (unpaired) electrons. The van der Waals surface area contributed by atoms with Gasteiger partial charge >= 0.3 is 6.26 Å². The largest absolute Gasteiger partial charge is 0.324 e. The van der Waals surface area contributed by atoms with Gasteiger partial charge in [-0.3, -0.25) is 4.89 Å². The van der Waals surface area contributed by atoms with Crippen LogP contribution in [-0.2, 0) is 9.78 Å². The molecule has 0 aliphatic rings. The molecule has 3 heteroatoms. The molecule has 0 amide bonds. The number of nitrogens with zero attached hydrogens (tertiary/aromatic N) is 1. The Kier molecular flexibility index (Phi) is 9.78. The van der Waals surface area contributed by atoms with Gasteiger partial charge in [0.2, 0.25) is 0 Å². The normalized spacial score (nSPS) is 10.1. The maximum absolute atomic E-state index is 7.99. The molecular weight excluding hydrogens is 178 g/mol. The van der Waals surface area contributed by atoms with Gasteiger partial charge in [-0.25, -0.2) is 0 Å². The molecule has 0 heterocycles. The Balaban J connectivity index is 2.89. The lowest BCUT2D eigenvalue weighted by Crippen LogP contribution is -1.92. The number of rotatable bonds is 9. The Labute approximate surface area is 86.9 Å². The van der Waals surface area contributed by atoms with Crippen molar-refractivity contribution in [2.75, 3.05) is 6.61 Å². The van der Waals surface area contributed by atoms with Crippen LogP contribution >= 0.6 is 0 Å². The van der Waals surface area contributed by atoms with Crippen LogP contribution in [0.25, 0.3) is 0 Å². The van der Waals surface area contributed by atoms with E-state index in [0.717, 1.165) is 18.8 Å². The fraction of sp³-hybridized carbons (Fsp3) is 0.909. The van der Waals surface area contributed by atoms with Gasteiger partial charge in [0.1, 0.15) is 0 Å². The van der Waals surface area contributed by atoms with E-state index < -0.39 is 0 Å². The summed E-state index contributed by atoms with van der Waals surface area (Å²) in [5, 5.41) is 7.99. The Morgan fingerprint density at radius 3 is 2.36 bits per heavy atom. The van der Waals surface area contributed by atoms with E-state index in [0.29, 0.717) is 6.61 Å². The minimum absolute atomic E-state index is 0.526. The van der Waals surface area contributed by atoms with Crippen LogP contribution in [0.5, 0.6) is 0 Å². The summed E-state index contributed by atoms with van der Waals surface area (Å²) in [5.41, 5.74) is 0. The quantitative estimate of drug-likeness (QED) is 0.247. The van der Waals surface area contributed by atoms with E-state index in [9.17, 15) is 0 Å². The molecule has 0 N–H and O–H groups in total. The summed E-state index contributed by atoms with van der Waals surface area (Å²) in [7, 11) is 0. The van der Waals surface area contributed by atoms with Gasteiger partial charge in [-0.2, -0.15) is 4.89 Å². The molecule has 0 bridgehead atoms. The second-order valence-electron chi connectivity index (χ2n) is 3.95. The molecule has 0 aliphatic heterocycles.